The van der Waals surface area contributed by atoms with Gasteiger partial charge < -0.3 is 14.5 Å². The van der Waals surface area contributed by atoms with Gasteiger partial charge in [-0.05, 0) is 40.2 Å². The topological polar surface area (TPSA) is 85.5 Å². The predicted molar refractivity (Wildman–Crippen MR) is 96.6 cm³/mol. The van der Waals surface area contributed by atoms with Crippen molar-refractivity contribution in [3.8, 4) is 0 Å². The number of aromatic amines is 1. The van der Waals surface area contributed by atoms with E-state index in [-0.39, 0.29) is 23.6 Å². The highest BCUT2D eigenvalue weighted by atomic mass is 16.5. The van der Waals surface area contributed by atoms with Crippen molar-refractivity contribution < 1.29 is 23.9 Å². The summed E-state index contributed by atoms with van der Waals surface area (Å²) < 4.78 is 10.3. The SMILES string of the molecule is CCOC(=O)c1[nH]c(C)c(C(=O)O[C@@H](C)C(=O)c2ccc(C)cc2)c1C. The molecule has 0 spiro atoms. The molecule has 0 aliphatic carbocycles. The number of hydrogen-bond donors (Lipinski definition) is 1. The van der Waals surface area contributed by atoms with E-state index in [4.69, 9.17) is 9.47 Å². The first kappa shape index (κ1) is 19.4. The Labute approximate surface area is 152 Å². The van der Waals surface area contributed by atoms with Crippen LogP contribution in [0.2, 0.25) is 0 Å². The Kier molecular flexibility index (Phi) is 5.97. The van der Waals surface area contributed by atoms with E-state index in [1.807, 2.05) is 19.1 Å². The van der Waals surface area contributed by atoms with E-state index >= 15 is 0 Å². The van der Waals surface area contributed by atoms with Gasteiger partial charge in [0.25, 0.3) is 0 Å². The zero-order valence-electron chi connectivity index (χ0n) is 15.6. The fraction of sp³-hybridized carbons (Fsp3) is 0.350. The molecule has 2 rings (SSSR count). The molecule has 0 amide bonds. The smallest absolute Gasteiger partial charge is 0.355 e. The summed E-state index contributed by atoms with van der Waals surface area (Å²) in [6, 6.07) is 7.06. The number of esters is 2. The summed E-state index contributed by atoms with van der Waals surface area (Å²) >= 11 is 0. The molecule has 0 unspecified atom stereocenters. The summed E-state index contributed by atoms with van der Waals surface area (Å²) in [5.41, 5.74) is 2.92. The van der Waals surface area contributed by atoms with Crippen molar-refractivity contribution in [3.05, 3.63) is 57.9 Å². The first-order valence-corrected chi connectivity index (χ1v) is 8.44. The molecule has 1 atom stereocenters. The minimum absolute atomic E-state index is 0.216. The molecule has 1 N–H and O–H groups in total. The van der Waals surface area contributed by atoms with Crippen LogP contribution in [0.1, 0.15) is 61.9 Å². The highest BCUT2D eigenvalue weighted by Gasteiger charge is 2.27. The maximum absolute atomic E-state index is 12.5. The number of carbonyl (C=O) groups excluding carboxylic acids is 3. The maximum Gasteiger partial charge on any atom is 0.355 e. The van der Waals surface area contributed by atoms with Gasteiger partial charge >= 0.3 is 11.9 Å². The minimum Gasteiger partial charge on any atom is -0.461 e. The van der Waals surface area contributed by atoms with Gasteiger partial charge in [0, 0.05) is 11.3 Å². The van der Waals surface area contributed by atoms with Crippen molar-refractivity contribution >= 4 is 17.7 Å². The quantitative estimate of drug-likeness (QED) is 0.631. The van der Waals surface area contributed by atoms with E-state index in [9.17, 15) is 14.4 Å². The molecule has 0 saturated heterocycles. The van der Waals surface area contributed by atoms with E-state index in [0.29, 0.717) is 16.8 Å². The average Bonchev–Trinajstić information content (AvgIpc) is 2.89. The van der Waals surface area contributed by atoms with Crippen LogP contribution in [-0.4, -0.2) is 35.4 Å². The summed E-state index contributed by atoms with van der Waals surface area (Å²) in [4.78, 5) is 39.8. The van der Waals surface area contributed by atoms with Crippen LogP contribution in [0.3, 0.4) is 0 Å². The first-order valence-electron chi connectivity index (χ1n) is 8.44. The van der Waals surface area contributed by atoms with E-state index in [2.05, 4.69) is 4.98 Å². The van der Waals surface area contributed by atoms with Gasteiger partial charge in [0.15, 0.2) is 6.10 Å². The van der Waals surface area contributed by atoms with Crippen molar-refractivity contribution in [2.75, 3.05) is 6.61 Å². The lowest BCUT2D eigenvalue weighted by molar-refractivity contribution is 0.0317. The average molecular weight is 357 g/mol. The second kappa shape index (κ2) is 7.99. The predicted octanol–water partition coefficient (Wildman–Crippen LogP) is 3.54. The van der Waals surface area contributed by atoms with E-state index in [1.165, 1.54) is 6.92 Å². The Morgan fingerprint density at radius 1 is 1.04 bits per heavy atom. The molecule has 1 aromatic carbocycles. The van der Waals surface area contributed by atoms with Crippen LogP contribution in [0.4, 0.5) is 0 Å². The number of aryl methyl sites for hydroxylation is 2. The van der Waals surface area contributed by atoms with Crippen LogP contribution in [0.15, 0.2) is 24.3 Å². The van der Waals surface area contributed by atoms with Crippen LogP contribution in [0, 0.1) is 20.8 Å². The van der Waals surface area contributed by atoms with Gasteiger partial charge in [-0.25, -0.2) is 9.59 Å². The van der Waals surface area contributed by atoms with Crippen molar-refractivity contribution in [2.24, 2.45) is 0 Å². The number of H-pyrrole nitrogens is 1. The lowest BCUT2D eigenvalue weighted by Gasteiger charge is -2.13. The van der Waals surface area contributed by atoms with Crippen LogP contribution in [-0.2, 0) is 9.47 Å². The third-order valence-corrected chi connectivity index (χ3v) is 4.11. The monoisotopic (exact) mass is 357 g/mol. The molecule has 0 fully saturated rings. The fourth-order valence-electron chi connectivity index (χ4n) is 2.69. The number of ketones is 1. The Morgan fingerprint density at radius 3 is 2.23 bits per heavy atom. The van der Waals surface area contributed by atoms with E-state index < -0.39 is 18.0 Å². The Balaban J connectivity index is 2.18. The van der Waals surface area contributed by atoms with Gasteiger partial charge in [-0.1, -0.05) is 29.8 Å². The Bertz CT molecular complexity index is 833. The molecule has 6 nitrogen and oxygen atoms in total. The van der Waals surface area contributed by atoms with Crippen molar-refractivity contribution in [3.63, 3.8) is 0 Å². The molecule has 0 radical (unpaired) electrons. The van der Waals surface area contributed by atoms with Gasteiger partial charge in [-0.15, -0.1) is 0 Å². The number of carbonyl (C=O) groups is 3. The molecule has 138 valence electrons. The first-order chi connectivity index (χ1) is 12.3. The lowest BCUT2D eigenvalue weighted by Crippen LogP contribution is -2.25. The standard InChI is InChI=1S/C20H23NO5/c1-6-25-20(24)17-12(3)16(13(4)21-17)19(23)26-14(5)18(22)15-9-7-11(2)8-10-15/h7-10,14,21H,6H2,1-5H3/t14-/m0/s1. The second-order valence-corrected chi connectivity index (χ2v) is 6.12. The third kappa shape index (κ3) is 4.02. The third-order valence-electron chi connectivity index (χ3n) is 4.11. The van der Waals surface area contributed by atoms with Gasteiger partial charge in [0.2, 0.25) is 5.78 Å². The molecule has 6 heteroatoms. The summed E-state index contributed by atoms with van der Waals surface area (Å²) in [7, 11) is 0. The molecule has 1 aromatic heterocycles. The molecular formula is C20H23NO5. The van der Waals surface area contributed by atoms with Crippen molar-refractivity contribution in [1.82, 2.24) is 4.98 Å². The number of aromatic nitrogens is 1. The van der Waals surface area contributed by atoms with Crippen molar-refractivity contribution in [1.29, 1.82) is 0 Å². The molecule has 0 aliphatic rings. The zero-order chi connectivity index (χ0) is 19.4. The largest absolute Gasteiger partial charge is 0.461 e. The van der Waals surface area contributed by atoms with Crippen molar-refractivity contribution in [2.45, 2.75) is 40.7 Å². The minimum atomic E-state index is -0.940. The van der Waals surface area contributed by atoms with Crippen LogP contribution in [0.25, 0.3) is 0 Å². The Morgan fingerprint density at radius 2 is 1.65 bits per heavy atom. The summed E-state index contributed by atoms with van der Waals surface area (Å²) in [6.07, 6.45) is -0.940. The number of ether oxygens (including phenoxy) is 2. The number of rotatable bonds is 6. The number of benzene rings is 1. The zero-order valence-corrected chi connectivity index (χ0v) is 15.6. The molecule has 0 saturated carbocycles. The van der Waals surface area contributed by atoms with E-state index in [1.54, 1.807) is 32.9 Å². The van der Waals surface area contributed by atoms with Crippen LogP contribution >= 0.6 is 0 Å². The molecule has 26 heavy (non-hydrogen) atoms. The second-order valence-electron chi connectivity index (χ2n) is 6.12. The lowest BCUT2D eigenvalue weighted by atomic mass is 10.1. The Hall–Kier alpha value is -2.89. The normalized spacial score (nSPS) is 11.7. The van der Waals surface area contributed by atoms with Gasteiger partial charge in [-0.2, -0.15) is 0 Å². The molecule has 1 heterocycles. The highest BCUT2D eigenvalue weighted by Crippen LogP contribution is 2.21. The molecular weight excluding hydrogens is 334 g/mol. The summed E-state index contributed by atoms with van der Waals surface area (Å²) in [6.45, 7) is 8.70. The number of nitrogens with one attached hydrogen (secondary N) is 1. The number of hydrogen-bond acceptors (Lipinski definition) is 5. The molecule has 0 aliphatic heterocycles. The van der Waals surface area contributed by atoms with Crippen LogP contribution < -0.4 is 0 Å². The fourth-order valence-corrected chi connectivity index (χ4v) is 2.69. The highest BCUT2D eigenvalue weighted by molar-refractivity contribution is 6.03. The summed E-state index contributed by atoms with van der Waals surface area (Å²) in [5, 5.41) is 0. The molecule has 0 bridgehead atoms. The van der Waals surface area contributed by atoms with Crippen LogP contribution in [0.5, 0.6) is 0 Å². The van der Waals surface area contributed by atoms with Gasteiger partial charge in [0.05, 0.1) is 12.2 Å². The molecule has 2 aromatic rings. The van der Waals surface area contributed by atoms with Gasteiger partial charge in [0.1, 0.15) is 5.69 Å². The van der Waals surface area contributed by atoms with E-state index in [0.717, 1.165) is 5.56 Å². The summed E-state index contributed by atoms with van der Waals surface area (Å²) in [5.74, 6) is -1.47. The maximum atomic E-state index is 12.5. The number of Topliss-reactive ketones (excluding diaryl/α,β-unsaturated/α-hetero) is 1. The van der Waals surface area contributed by atoms with Gasteiger partial charge in [-0.3, -0.25) is 4.79 Å².